The van der Waals surface area contributed by atoms with Crippen molar-refractivity contribution in [2.24, 2.45) is 0 Å². The molecule has 0 saturated carbocycles. The number of alkyl halides is 2. The largest absolute Gasteiger partial charge is 0.586 e. The molecule has 1 atom stereocenters. The fourth-order valence-electron chi connectivity index (χ4n) is 3.12. The smallest absolute Gasteiger partial charge is 0.395 e. The van der Waals surface area contributed by atoms with Crippen molar-refractivity contribution >= 4 is 23.7 Å². The summed E-state index contributed by atoms with van der Waals surface area (Å²) in [5.74, 6) is 0.186. The van der Waals surface area contributed by atoms with Gasteiger partial charge in [0.05, 0.1) is 6.04 Å². The summed E-state index contributed by atoms with van der Waals surface area (Å²) in [4.78, 5) is 2.36. The van der Waals surface area contributed by atoms with Gasteiger partial charge in [0.25, 0.3) is 0 Å². The number of rotatable bonds is 3. The van der Waals surface area contributed by atoms with Crippen LogP contribution in [-0.2, 0) is 0 Å². The van der Waals surface area contributed by atoms with Crippen LogP contribution in [0.15, 0.2) is 35.0 Å². The van der Waals surface area contributed by atoms with Crippen molar-refractivity contribution < 1.29 is 18.3 Å². The maximum atomic E-state index is 13.2. The molecule has 0 amide bonds. The number of halogens is 3. The molecule has 1 saturated heterocycles. The lowest BCUT2D eigenvalue weighted by Gasteiger charge is -2.35. The van der Waals surface area contributed by atoms with Crippen LogP contribution in [0.5, 0.6) is 11.5 Å². The molecule has 24 heavy (non-hydrogen) atoms. The summed E-state index contributed by atoms with van der Waals surface area (Å²) in [6.07, 6.45) is -3.58. The van der Waals surface area contributed by atoms with Gasteiger partial charge in [0, 0.05) is 26.2 Å². The Kier molecular flexibility index (Phi) is 4.96. The van der Waals surface area contributed by atoms with Crippen molar-refractivity contribution in [3.63, 3.8) is 0 Å². The Bertz CT molecular complexity index is 693. The summed E-state index contributed by atoms with van der Waals surface area (Å²) in [7, 11) is 0. The summed E-state index contributed by atoms with van der Waals surface area (Å²) < 4.78 is 35.6. The zero-order chi connectivity index (χ0) is 15.9. The van der Waals surface area contributed by atoms with E-state index in [1.807, 2.05) is 11.4 Å². The number of hydrogen-bond acceptors (Lipinski definition) is 5. The Morgan fingerprint density at radius 3 is 2.54 bits per heavy atom. The SMILES string of the molecule is Cl.FC1(F)Oc2ccc([C@@H](c3ccsc3)N3CCNCC3)cc2O1. The molecule has 0 radical (unpaired) electrons. The molecule has 0 bridgehead atoms. The Hall–Kier alpha value is -1.41. The minimum atomic E-state index is -3.58. The number of ether oxygens (including phenoxy) is 2. The Morgan fingerprint density at radius 2 is 1.83 bits per heavy atom. The van der Waals surface area contributed by atoms with E-state index >= 15 is 0 Å². The number of hydrogen-bond donors (Lipinski definition) is 1. The van der Waals surface area contributed by atoms with Gasteiger partial charge in [-0.3, -0.25) is 4.90 Å². The highest BCUT2D eigenvalue weighted by molar-refractivity contribution is 7.08. The van der Waals surface area contributed by atoms with E-state index in [2.05, 4.69) is 31.1 Å². The van der Waals surface area contributed by atoms with Crippen LogP contribution >= 0.6 is 23.7 Å². The first kappa shape index (κ1) is 17.4. The predicted octanol–water partition coefficient (Wildman–Crippen LogP) is 3.49. The van der Waals surface area contributed by atoms with Gasteiger partial charge in [-0.2, -0.15) is 11.3 Å². The van der Waals surface area contributed by atoms with E-state index in [1.165, 1.54) is 5.56 Å². The van der Waals surface area contributed by atoms with Gasteiger partial charge in [0.15, 0.2) is 11.5 Å². The van der Waals surface area contributed by atoms with Gasteiger partial charge in [-0.15, -0.1) is 21.2 Å². The summed E-state index contributed by atoms with van der Waals surface area (Å²) in [5, 5.41) is 7.47. The van der Waals surface area contributed by atoms with Gasteiger partial charge in [-0.05, 0) is 40.1 Å². The van der Waals surface area contributed by atoms with Crippen LogP contribution in [0, 0.1) is 0 Å². The zero-order valence-corrected chi connectivity index (χ0v) is 14.3. The van der Waals surface area contributed by atoms with E-state index in [1.54, 1.807) is 23.5 Å². The van der Waals surface area contributed by atoms with E-state index in [0.717, 1.165) is 31.7 Å². The lowest BCUT2D eigenvalue weighted by molar-refractivity contribution is -0.286. The van der Waals surface area contributed by atoms with Gasteiger partial charge in [-0.25, -0.2) is 0 Å². The summed E-state index contributed by atoms with van der Waals surface area (Å²) in [6, 6.07) is 7.18. The van der Waals surface area contributed by atoms with Gasteiger partial charge < -0.3 is 14.8 Å². The molecule has 1 aromatic carbocycles. The maximum absolute atomic E-state index is 13.2. The molecule has 4 rings (SSSR count). The molecule has 4 nitrogen and oxygen atoms in total. The predicted molar refractivity (Wildman–Crippen MR) is 90.5 cm³/mol. The second kappa shape index (κ2) is 6.84. The molecule has 0 spiro atoms. The number of benzene rings is 1. The van der Waals surface area contributed by atoms with Gasteiger partial charge in [0.2, 0.25) is 0 Å². The minimum Gasteiger partial charge on any atom is -0.395 e. The molecule has 0 unspecified atom stereocenters. The highest BCUT2D eigenvalue weighted by Crippen LogP contribution is 2.43. The summed E-state index contributed by atoms with van der Waals surface area (Å²) >= 11 is 1.63. The second-order valence-electron chi connectivity index (χ2n) is 5.62. The van der Waals surface area contributed by atoms with Crippen LogP contribution in [0.1, 0.15) is 17.2 Å². The lowest BCUT2D eigenvalue weighted by atomic mass is 9.98. The molecule has 3 heterocycles. The van der Waals surface area contributed by atoms with Crippen LogP contribution in [-0.4, -0.2) is 37.4 Å². The molecule has 2 aromatic rings. The molecule has 1 fully saturated rings. The first-order valence-electron chi connectivity index (χ1n) is 7.49. The van der Waals surface area contributed by atoms with E-state index < -0.39 is 6.29 Å². The minimum absolute atomic E-state index is 0. The number of piperazine rings is 1. The molecule has 2 aliphatic rings. The fraction of sp³-hybridized carbons (Fsp3) is 0.375. The summed E-state index contributed by atoms with van der Waals surface area (Å²) in [6.45, 7) is 3.66. The highest BCUT2D eigenvalue weighted by Gasteiger charge is 2.43. The van der Waals surface area contributed by atoms with Crippen LogP contribution in [0.3, 0.4) is 0 Å². The number of fused-ring (bicyclic) bond motifs is 1. The zero-order valence-electron chi connectivity index (χ0n) is 12.7. The quantitative estimate of drug-likeness (QED) is 0.891. The molecule has 2 aliphatic heterocycles. The normalized spacial score (nSPS) is 20.4. The number of nitrogens with zero attached hydrogens (tertiary/aromatic N) is 1. The van der Waals surface area contributed by atoms with Crippen molar-refractivity contribution in [2.75, 3.05) is 26.2 Å². The van der Waals surface area contributed by atoms with Crippen molar-refractivity contribution in [3.8, 4) is 11.5 Å². The first-order valence-corrected chi connectivity index (χ1v) is 8.43. The molecule has 1 N–H and O–H groups in total. The van der Waals surface area contributed by atoms with E-state index in [4.69, 9.17) is 0 Å². The van der Waals surface area contributed by atoms with E-state index in [9.17, 15) is 8.78 Å². The average molecular weight is 375 g/mol. The van der Waals surface area contributed by atoms with Crippen LogP contribution < -0.4 is 14.8 Å². The lowest BCUT2D eigenvalue weighted by Crippen LogP contribution is -2.45. The van der Waals surface area contributed by atoms with Crippen molar-refractivity contribution in [2.45, 2.75) is 12.3 Å². The van der Waals surface area contributed by atoms with Crippen molar-refractivity contribution in [1.29, 1.82) is 0 Å². The van der Waals surface area contributed by atoms with Crippen LogP contribution in [0.4, 0.5) is 8.78 Å². The van der Waals surface area contributed by atoms with Gasteiger partial charge in [-0.1, -0.05) is 6.07 Å². The molecule has 1 aromatic heterocycles. The maximum Gasteiger partial charge on any atom is 0.586 e. The fourth-order valence-corrected chi connectivity index (χ4v) is 3.80. The van der Waals surface area contributed by atoms with Gasteiger partial charge >= 0.3 is 6.29 Å². The molecular formula is C16H17ClF2N2O2S. The van der Waals surface area contributed by atoms with E-state index in [-0.39, 0.29) is 29.9 Å². The third kappa shape index (κ3) is 3.35. The van der Waals surface area contributed by atoms with Crippen molar-refractivity contribution in [1.82, 2.24) is 10.2 Å². The van der Waals surface area contributed by atoms with Crippen LogP contribution in [0.25, 0.3) is 0 Å². The molecule has 130 valence electrons. The Labute approximate surface area is 148 Å². The molecular weight excluding hydrogens is 358 g/mol. The standard InChI is InChI=1S/C16H16F2N2O2S.ClH/c17-16(18)21-13-2-1-11(9-14(13)22-16)15(12-3-8-23-10-12)20-6-4-19-5-7-20;/h1-3,8-10,15,19H,4-7H2;1H/t15-;/m0./s1. The molecule has 8 heteroatoms. The first-order chi connectivity index (χ1) is 11.1. The van der Waals surface area contributed by atoms with Crippen LogP contribution in [0.2, 0.25) is 0 Å². The average Bonchev–Trinajstić information content (AvgIpc) is 3.14. The summed E-state index contributed by atoms with van der Waals surface area (Å²) in [5.41, 5.74) is 2.10. The van der Waals surface area contributed by atoms with Gasteiger partial charge in [0.1, 0.15) is 0 Å². The topological polar surface area (TPSA) is 33.7 Å². The number of thiophene rings is 1. The van der Waals surface area contributed by atoms with Crippen molar-refractivity contribution in [3.05, 3.63) is 46.2 Å². The monoisotopic (exact) mass is 374 g/mol. The third-order valence-electron chi connectivity index (χ3n) is 4.12. The van der Waals surface area contributed by atoms with E-state index in [0.29, 0.717) is 0 Å². The third-order valence-corrected chi connectivity index (χ3v) is 4.82. The second-order valence-corrected chi connectivity index (χ2v) is 6.40. The highest BCUT2D eigenvalue weighted by atomic mass is 35.5. The Morgan fingerprint density at radius 1 is 1.08 bits per heavy atom. The number of nitrogens with one attached hydrogen (secondary N) is 1. The Balaban J connectivity index is 0.00000169. The molecule has 0 aliphatic carbocycles.